The van der Waals surface area contributed by atoms with Crippen LogP contribution in [0.2, 0.25) is 0 Å². The van der Waals surface area contributed by atoms with Crippen LogP contribution in [0.1, 0.15) is 22.9 Å². The summed E-state index contributed by atoms with van der Waals surface area (Å²) in [6.45, 7) is 4.10. The Kier molecular flexibility index (Phi) is 2.76. The maximum Gasteiger partial charge on any atom is 0.296 e. The third-order valence-corrected chi connectivity index (χ3v) is 3.74. The molecule has 4 nitrogen and oxygen atoms in total. The van der Waals surface area contributed by atoms with E-state index in [1.165, 1.54) is 4.88 Å². The van der Waals surface area contributed by atoms with Crippen LogP contribution in [0.3, 0.4) is 0 Å². The smallest absolute Gasteiger partial charge is 0.296 e. The maximum absolute atomic E-state index is 5.62. The fourth-order valence-electron chi connectivity index (χ4n) is 1.75. The van der Waals surface area contributed by atoms with Gasteiger partial charge in [0.1, 0.15) is 10.5 Å². The second kappa shape index (κ2) is 4.42. The van der Waals surface area contributed by atoms with Gasteiger partial charge in [0, 0.05) is 11.1 Å². The molecule has 18 heavy (non-hydrogen) atoms. The summed E-state index contributed by atoms with van der Waals surface area (Å²) in [6.07, 6.45) is 1.88. The average Bonchev–Trinajstić information content (AvgIpc) is 2.94. The summed E-state index contributed by atoms with van der Waals surface area (Å²) >= 11 is 1.68. The van der Waals surface area contributed by atoms with Crippen LogP contribution in [0, 0.1) is 6.92 Å². The van der Waals surface area contributed by atoms with E-state index in [0.29, 0.717) is 6.01 Å². The summed E-state index contributed by atoms with van der Waals surface area (Å²) in [5.41, 5.74) is 1.66. The Hall–Kier alpha value is -1.88. The van der Waals surface area contributed by atoms with Crippen LogP contribution in [-0.2, 0) is 0 Å². The molecule has 0 aliphatic rings. The Morgan fingerprint density at radius 3 is 2.89 bits per heavy atom. The topological polar surface area (TPSA) is 51.0 Å². The van der Waals surface area contributed by atoms with Gasteiger partial charge in [-0.1, -0.05) is 12.1 Å². The number of oxazole rings is 1. The number of rotatable bonds is 3. The van der Waals surface area contributed by atoms with Gasteiger partial charge in [0.2, 0.25) is 0 Å². The molecule has 92 valence electrons. The van der Waals surface area contributed by atoms with Gasteiger partial charge in [0.25, 0.3) is 6.01 Å². The minimum atomic E-state index is 0.0942. The molecule has 3 aromatic rings. The van der Waals surface area contributed by atoms with Crippen molar-refractivity contribution in [1.29, 1.82) is 0 Å². The largest absolute Gasteiger partial charge is 0.424 e. The van der Waals surface area contributed by atoms with E-state index in [0.717, 1.165) is 16.1 Å². The number of thiazole rings is 1. The number of hydrogen-bond acceptors (Lipinski definition) is 5. The van der Waals surface area contributed by atoms with Gasteiger partial charge in [-0.3, -0.25) is 0 Å². The first kappa shape index (κ1) is 11.2. The van der Waals surface area contributed by atoms with Crippen molar-refractivity contribution in [2.75, 3.05) is 5.32 Å². The Morgan fingerprint density at radius 2 is 2.17 bits per heavy atom. The molecule has 1 aromatic carbocycles. The van der Waals surface area contributed by atoms with E-state index in [1.54, 1.807) is 11.3 Å². The van der Waals surface area contributed by atoms with Gasteiger partial charge in [0.15, 0.2) is 5.58 Å². The average molecular weight is 259 g/mol. The van der Waals surface area contributed by atoms with Crippen molar-refractivity contribution >= 4 is 28.5 Å². The van der Waals surface area contributed by atoms with Crippen LogP contribution in [0.5, 0.6) is 0 Å². The van der Waals surface area contributed by atoms with Crippen molar-refractivity contribution in [3.8, 4) is 0 Å². The monoisotopic (exact) mass is 259 g/mol. The maximum atomic E-state index is 5.62. The molecule has 0 aliphatic carbocycles. The third-order valence-electron chi connectivity index (χ3n) is 2.64. The van der Waals surface area contributed by atoms with Crippen LogP contribution in [0.15, 0.2) is 34.9 Å². The van der Waals surface area contributed by atoms with Crippen LogP contribution in [0.4, 0.5) is 6.01 Å². The van der Waals surface area contributed by atoms with Crippen LogP contribution < -0.4 is 5.32 Å². The zero-order valence-corrected chi connectivity index (χ0v) is 11.0. The molecular weight excluding hydrogens is 246 g/mol. The predicted molar refractivity (Wildman–Crippen MR) is 72.9 cm³/mol. The van der Waals surface area contributed by atoms with Crippen molar-refractivity contribution in [3.05, 3.63) is 40.3 Å². The molecule has 0 bridgehead atoms. The Morgan fingerprint density at radius 1 is 1.33 bits per heavy atom. The molecule has 0 aliphatic heterocycles. The lowest BCUT2D eigenvalue weighted by Crippen LogP contribution is -2.06. The van der Waals surface area contributed by atoms with Gasteiger partial charge in [-0.15, -0.1) is 11.3 Å². The number of fused-ring (bicyclic) bond motifs is 1. The second-order valence-electron chi connectivity index (χ2n) is 4.16. The lowest BCUT2D eigenvalue weighted by molar-refractivity contribution is 0.603. The summed E-state index contributed by atoms with van der Waals surface area (Å²) in [6, 6.07) is 8.36. The molecule has 2 aromatic heterocycles. The summed E-state index contributed by atoms with van der Waals surface area (Å²) in [7, 11) is 0. The molecule has 3 rings (SSSR count). The van der Waals surface area contributed by atoms with Gasteiger partial charge in [-0.25, -0.2) is 4.98 Å². The van der Waals surface area contributed by atoms with E-state index in [9.17, 15) is 0 Å². The number of nitrogens with zero attached hydrogens (tertiary/aromatic N) is 2. The molecule has 0 saturated carbocycles. The highest BCUT2D eigenvalue weighted by Gasteiger charge is 2.12. The lowest BCUT2D eigenvalue weighted by Gasteiger charge is -2.07. The molecular formula is C13H13N3OS. The number of anilines is 1. The number of para-hydroxylation sites is 2. The molecule has 0 saturated heterocycles. The lowest BCUT2D eigenvalue weighted by atomic mass is 10.3. The summed E-state index contributed by atoms with van der Waals surface area (Å²) in [5.74, 6) is 0. The second-order valence-corrected chi connectivity index (χ2v) is 5.43. The number of aromatic nitrogens is 2. The molecule has 0 fully saturated rings. The summed E-state index contributed by atoms with van der Waals surface area (Å²) in [4.78, 5) is 9.94. The number of aryl methyl sites for hydroxylation is 1. The van der Waals surface area contributed by atoms with E-state index in [1.807, 2.05) is 44.3 Å². The molecule has 0 amide bonds. The van der Waals surface area contributed by atoms with Gasteiger partial charge in [-0.05, 0) is 26.0 Å². The molecule has 0 radical (unpaired) electrons. The van der Waals surface area contributed by atoms with Gasteiger partial charge in [-0.2, -0.15) is 4.98 Å². The van der Waals surface area contributed by atoms with Crippen LogP contribution >= 0.6 is 11.3 Å². The van der Waals surface area contributed by atoms with Crippen LogP contribution in [0.25, 0.3) is 11.1 Å². The zero-order valence-electron chi connectivity index (χ0n) is 10.2. The van der Waals surface area contributed by atoms with Gasteiger partial charge >= 0.3 is 0 Å². The number of hydrogen-bond donors (Lipinski definition) is 1. The van der Waals surface area contributed by atoms with Gasteiger partial charge < -0.3 is 9.73 Å². The quantitative estimate of drug-likeness (QED) is 0.778. The first-order valence-corrected chi connectivity index (χ1v) is 6.58. The first-order chi connectivity index (χ1) is 8.72. The summed E-state index contributed by atoms with van der Waals surface area (Å²) in [5, 5.41) is 4.27. The standard InChI is InChI=1S/C13H13N3OS/c1-8-7-14-12(18-8)9(2)15-13-16-10-5-3-4-6-11(10)17-13/h3-7,9H,1-2H3,(H,15,16). The molecule has 2 heterocycles. The van der Waals surface area contributed by atoms with Crippen molar-refractivity contribution in [2.45, 2.75) is 19.9 Å². The minimum absolute atomic E-state index is 0.0942. The van der Waals surface area contributed by atoms with E-state index in [4.69, 9.17) is 4.42 Å². The predicted octanol–water partition coefficient (Wildman–Crippen LogP) is 3.77. The van der Waals surface area contributed by atoms with Crippen molar-refractivity contribution in [3.63, 3.8) is 0 Å². The molecule has 1 atom stereocenters. The zero-order chi connectivity index (χ0) is 12.5. The van der Waals surface area contributed by atoms with Crippen molar-refractivity contribution < 1.29 is 4.42 Å². The third kappa shape index (κ3) is 2.09. The van der Waals surface area contributed by atoms with Crippen LogP contribution in [-0.4, -0.2) is 9.97 Å². The SMILES string of the molecule is Cc1cnc(C(C)Nc2nc3ccccc3o2)s1. The van der Waals surface area contributed by atoms with Gasteiger partial charge in [0.05, 0.1) is 6.04 Å². The first-order valence-electron chi connectivity index (χ1n) is 5.77. The normalized spacial score (nSPS) is 12.8. The summed E-state index contributed by atoms with van der Waals surface area (Å²) < 4.78 is 5.62. The van der Waals surface area contributed by atoms with Crippen molar-refractivity contribution in [2.24, 2.45) is 0 Å². The fourth-order valence-corrected chi connectivity index (χ4v) is 2.53. The van der Waals surface area contributed by atoms with E-state index < -0.39 is 0 Å². The highest BCUT2D eigenvalue weighted by Crippen LogP contribution is 2.25. The molecule has 5 heteroatoms. The number of nitrogens with one attached hydrogen (secondary N) is 1. The molecule has 1 unspecified atom stereocenters. The Balaban J connectivity index is 1.83. The Bertz CT molecular complexity index is 640. The molecule has 0 spiro atoms. The van der Waals surface area contributed by atoms with E-state index >= 15 is 0 Å². The minimum Gasteiger partial charge on any atom is -0.424 e. The number of benzene rings is 1. The Labute approximate surface area is 109 Å². The van der Waals surface area contributed by atoms with E-state index in [2.05, 4.69) is 15.3 Å². The molecule has 1 N–H and O–H groups in total. The van der Waals surface area contributed by atoms with Crippen molar-refractivity contribution in [1.82, 2.24) is 9.97 Å². The highest BCUT2D eigenvalue weighted by atomic mass is 32.1. The van der Waals surface area contributed by atoms with E-state index in [-0.39, 0.29) is 6.04 Å². The fraction of sp³-hybridized carbons (Fsp3) is 0.231. The highest BCUT2D eigenvalue weighted by molar-refractivity contribution is 7.11.